The SMILES string of the molecule is Cc1ccc(C)c(N=C2NC(=O)/C(=C\c3ccccc3C(=O)O)S2)c1. The molecule has 2 aromatic carbocycles. The van der Waals surface area contributed by atoms with Gasteiger partial charge in [-0.15, -0.1) is 0 Å². The van der Waals surface area contributed by atoms with E-state index in [0.717, 1.165) is 16.8 Å². The van der Waals surface area contributed by atoms with Gasteiger partial charge < -0.3 is 10.4 Å². The van der Waals surface area contributed by atoms with Crippen LogP contribution in [0, 0.1) is 13.8 Å². The van der Waals surface area contributed by atoms with E-state index >= 15 is 0 Å². The number of aliphatic imine (C=N–C) groups is 1. The molecule has 6 heteroatoms. The topological polar surface area (TPSA) is 78.8 Å². The Hall–Kier alpha value is -2.86. The van der Waals surface area contributed by atoms with Gasteiger partial charge >= 0.3 is 5.97 Å². The minimum absolute atomic E-state index is 0.156. The Morgan fingerprint density at radius 3 is 2.72 bits per heavy atom. The summed E-state index contributed by atoms with van der Waals surface area (Å²) in [5.74, 6) is -1.31. The van der Waals surface area contributed by atoms with E-state index < -0.39 is 5.97 Å². The third kappa shape index (κ3) is 3.80. The third-order valence-corrected chi connectivity index (χ3v) is 4.63. The number of amides is 1. The van der Waals surface area contributed by atoms with Crippen LogP contribution >= 0.6 is 11.8 Å². The first-order chi connectivity index (χ1) is 11.9. The molecule has 2 N–H and O–H groups in total. The number of aromatic carboxylic acids is 1. The van der Waals surface area contributed by atoms with Crippen molar-refractivity contribution in [2.45, 2.75) is 13.8 Å². The van der Waals surface area contributed by atoms with Crippen LogP contribution in [0.5, 0.6) is 0 Å². The van der Waals surface area contributed by atoms with Crippen molar-refractivity contribution < 1.29 is 14.7 Å². The first-order valence-electron chi connectivity index (χ1n) is 7.63. The Morgan fingerprint density at radius 1 is 1.20 bits per heavy atom. The van der Waals surface area contributed by atoms with Gasteiger partial charge in [0.05, 0.1) is 16.2 Å². The van der Waals surface area contributed by atoms with E-state index in [1.165, 1.54) is 17.8 Å². The van der Waals surface area contributed by atoms with Gasteiger partial charge in [0.1, 0.15) is 0 Å². The lowest BCUT2D eigenvalue weighted by atomic mass is 10.1. The second-order valence-corrected chi connectivity index (χ2v) is 6.69. The summed E-state index contributed by atoms with van der Waals surface area (Å²) in [6.07, 6.45) is 1.58. The molecule has 3 rings (SSSR count). The predicted octanol–water partition coefficient (Wildman–Crippen LogP) is 3.89. The van der Waals surface area contributed by atoms with Crippen molar-refractivity contribution in [2.24, 2.45) is 4.99 Å². The molecule has 1 fully saturated rings. The van der Waals surface area contributed by atoms with Gasteiger partial charge in [0.2, 0.25) is 0 Å². The molecule has 0 atom stereocenters. The number of benzene rings is 2. The van der Waals surface area contributed by atoms with Crippen LogP contribution in [0.25, 0.3) is 6.08 Å². The lowest BCUT2D eigenvalue weighted by Crippen LogP contribution is -2.19. The summed E-state index contributed by atoms with van der Waals surface area (Å²) >= 11 is 1.20. The first kappa shape index (κ1) is 17.0. The number of hydrogen-bond donors (Lipinski definition) is 2. The van der Waals surface area contributed by atoms with Crippen LogP contribution in [0.2, 0.25) is 0 Å². The number of nitrogens with one attached hydrogen (secondary N) is 1. The summed E-state index contributed by atoms with van der Waals surface area (Å²) in [5, 5.41) is 12.5. The number of thioether (sulfide) groups is 1. The minimum atomic E-state index is -1.03. The van der Waals surface area contributed by atoms with Crippen molar-refractivity contribution in [2.75, 3.05) is 0 Å². The van der Waals surface area contributed by atoms with Crippen LogP contribution in [0.15, 0.2) is 52.4 Å². The van der Waals surface area contributed by atoms with E-state index in [1.807, 2.05) is 32.0 Å². The van der Waals surface area contributed by atoms with Crippen LogP contribution in [-0.2, 0) is 4.79 Å². The molecule has 5 nitrogen and oxygen atoms in total. The molecule has 0 saturated carbocycles. The van der Waals surface area contributed by atoms with Crippen molar-refractivity contribution in [3.05, 3.63) is 69.6 Å². The zero-order valence-electron chi connectivity index (χ0n) is 13.7. The number of carbonyl (C=O) groups excluding carboxylic acids is 1. The molecule has 0 aromatic heterocycles. The average Bonchev–Trinajstić information content (AvgIpc) is 2.91. The van der Waals surface area contributed by atoms with E-state index in [9.17, 15) is 14.7 Å². The van der Waals surface area contributed by atoms with Gasteiger partial charge in [-0.1, -0.05) is 30.3 Å². The summed E-state index contributed by atoms with van der Waals surface area (Å²) in [5.41, 5.74) is 3.55. The maximum Gasteiger partial charge on any atom is 0.336 e. The van der Waals surface area contributed by atoms with Crippen LogP contribution in [0.1, 0.15) is 27.0 Å². The molecular formula is C19H16N2O3S. The summed E-state index contributed by atoms with van der Waals surface area (Å²) in [7, 11) is 0. The monoisotopic (exact) mass is 352 g/mol. The standard InChI is InChI=1S/C19H16N2O3S/c1-11-7-8-12(2)15(9-11)20-19-21-17(22)16(25-19)10-13-5-3-4-6-14(13)18(23)24/h3-10H,1-2H3,(H,23,24)(H,20,21,22)/b16-10+. The van der Waals surface area contributed by atoms with Gasteiger partial charge in [0, 0.05) is 0 Å². The van der Waals surface area contributed by atoms with Crippen LogP contribution in [0.4, 0.5) is 5.69 Å². The summed E-state index contributed by atoms with van der Waals surface area (Å²) in [6.45, 7) is 3.94. The van der Waals surface area contributed by atoms with Crippen molar-refractivity contribution in [1.29, 1.82) is 0 Å². The molecule has 2 aromatic rings. The van der Waals surface area contributed by atoms with Crippen molar-refractivity contribution in [1.82, 2.24) is 5.32 Å². The number of aryl methyl sites for hydroxylation is 2. The molecule has 0 aliphatic carbocycles. The Kier molecular flexibility index (Phi) is 4.72. The Balaban J connectivity index is 1.92. The molecule has 1 saturated heterocycles. The Labute approximate surface area is 149 Å². The van der Waals surface area contributed by atoms with Gasteiger partial charge in [-0.2, -0.15) is 0 Å². The highest BCUT2D eigenvalue weighted by molar-refractivity contribution is 8.18. The van der Waals surface area contributed by atoms with Gasteiger partial charge in [0.15, 0.2) is 5.17 Å². The minimum Gasteiger partial charge on any atom is -0.478 e. The van der Waals surface area contributed by atoms with Crippen molar-refractivity contribution in [3.8, 4) is 0 Å². The fraction of sp³-hybridized carbons (Fsp3) is 0.105. The van der Waals surface area contributed by atoms with Gasteiger partial charge in [0.25, 0.3) is 5.91 Å². The summed E-state index contributed by atoms with van der Waals surface area (Å²) in [4.78, 5) is 28.4. The highest BCUT2D eigenvalue weighted by Gasteiger charge is 2.24. The molecule has 1 aliphatic heterocycles. The van der Waals surface area contributed by atoms with Crippen LogP contribution in [0.3, 0.4) is 0 Å². The van der Waals surface area contributed by atoms with E-state index in [0.29, 0.717) is 15.6 Å². The lowest BCUT2D eigenvalue weighted by Gasteiger charge is -2.02. The molecule has 1 amide bonds. The number of carboxylic acid groups (broad SMARTS) is 1. The fourth-order valence-corrected chi connectivity index (χ4v) is 3.21. The van der Waals surface area contributed by atoms with E-state index in [-0.39, 0.29) is 11.5 Å². The number of nitrogens with zero attached hydrogens (tertiary/aromatic N) is 1. The van der Waals surface area contributed by atoms with Crippen molar-refractivity contribution >= 4 is 40.6 Å². The second-order valence-electron chi connectivity index (χ2n) is 5.66. The molecule has 126 valence electrons. The highest BCUT2D eigenvalue weighted by atomic mass is 32.2. The zero-order chi connectivity index (χ0) is 18.0. The Bertz CT molecular complexity index is 932. The molecule has 0 unspecified atom stereocenters. The van der Waals surface area contributed by atoms with Crippen molar-refractivity contribution in [3.63, 3.8) is 0 Å². The normalized spacial score (nSPS) is 17.1. The smallest absolute Gasteiger partial charge is 0.336 e. The third-order valence-electron chi connectivity index (χ3n) is 3.72. The molecule has 0 bridgehead atoms. The second kappa shape index (κ2) is 6.94. The predicted molar refractivity (Wildman–Crippen MR) is 100 cm³/mol. The van der Waals surface area contributed by atoms with Crippen LogP contribution in [-0.4, -0.2) is 22.2 Å². The van der Waals surface area contributed by atoms with Gasteiger partial charge in [-0.25, -0.2) is 9.79 Å². The fourth-order valence-electron chi connectivity index (χ4n) is 2.39. The maximum atomic E-state index is 12.2. The quantitative estimate of drug-likeness (QED) is 0.821. The highest BCUT2D eigenvalue weighted by Crippen LogP contribution is 2.30. The number of hydrogen-bond acceptors (Lipinski definition) is 4. The molecule has 0 spiro atoms. The molecule has 1 heterocycles. The maximum absolute atomic E-state index is 12.2. The number of carboxylic acids is 1. The first-order valence-corrected chi connectivity index (χ1v) is 8.45. The molecule has 0 radical (unpaired) electrons. The van der Waals surface area contributed by atoms with E-state index in [1.54, 1.807) is 24.3 Å². The summed E-state index contributed by atoms with van der Waals surface area (Å²) in [6, 6.07) is 12.5. The Morgan fingerprint density at radius 2 is 1.96 bits per heavy atom. The lowest BCUT2D eigenvalue weighted by molar-refractivity contribution is -0.115. The van der Waals surface area contributed by atoms with Gasteiger partial charge in [-0.05, 0) is 60.5 Å². The molecule has 25 heavy (non-hydrogen) atoms. The number of amidine groups is 1. The van der Waals surface area contributed by atoms with E-state index in [4.69, 9.17) is 0 Å². The molecular weight excluding hydrogens is 336 g/mol. The largest absolute Gasteiger partial charge is 0.478 e. The number of carbonyl (C=O) groups is 2. The summed E-state index contributed by atoms with van der Waals surface area (Å²) < 4.78 is 0. The molecule has 1 aliphatic rings. The average molecular weight is 352 g/mol. The number of rotatable bonds is 3. The van der Waals surface area contributed by atoms with Crippen LogP contribution < -0.4 is 5.32 Å². The van der Waals surface area contributed by atoms with Gasteiger partial charge in [-0.3, -0.25) is 4.79 Å². The zero-order valence-corrected chi connectivity index (χ0v) is 14.6. The van der Waals surface area contributed by atoms with E-state index in [2.05, 4.69) is 10.3 Å².